The molecule has 4 N–H and O–H groups in total. The molecule has 3 unspecified atom stereocenters. The number of halogens is 2. The molecule has 0 saturated carbocycles. The van der Waals surface area contributed by atoms with Crippen molar-refractivity contribution in [2.24, 2.45) is 5.92 Å². The van der Waals surface area contributed by atoms with Crippen LogP contribution in [0.3, 0.4) is 0 Å². The molecule has 0 radical (unpaired) electrons. The summed E-state index contributed by atoms with van der Waals surface area (Å²) in [7, 11) is 3.69. The van der Waals surface area contributed by atoms with Gasteiger partial charge in [-0.15, -0.1) is 0 Å². The minimum absolute atomic E-state index is 0.0577. The highest BCUT2D eigenvalue weighted by Crippen LogP contribution is 2.47. The first-order valence-electron chi connectivity index (χ1n) is 14.5. The number of fused-ring (bicyclic) bond motifs is 5. The highest BCUT2D eigenvalue weighted by atomic mass is 19.2. The Labute approximate surface area is 249 Å². The molecule has 5 aromatic rings. The first kappa shape index (κ1) is 28.2. The van der Waals surface area contributed by atoms with Gasteiger partial charge >= 0.3 is 5.97 Å². The van der Waals surface area contributed by atoms with Crippen LogP contribution in [-0.2, 0) is 0 Å². The van der Waals surface area contributed by atoms with Crippen LogP contribution in [0.5, 0.6) is 0 Å². The van der Waals surface area contributed by atoms with Gasteiger partial charge in [0.05, 0.1) is 45.7 Å². The molecule has 2 aliphatic rings. The summed E-state index contributed by atoms with van der Waals surface area (Å²) in [6.45, 7) is 3.78. The quantitative estimate of drug-likeness (QED) is 0.228. The number of aliphatic hydroxyl groups excluding tert-OH is 1. The van der Waals surface area contributed by atoms with Gasteiger partial charge in [-0.25, -0.2) is 23.5 Å². The third kappa shape index (κ3) is 4.06. The number of hydrogen-bond donors (Lipinski definition) is 4. The number of aromatic carboxylic acids is 1. The number of aromatic nitrogens is 4. The number of H-pyrrole nitrogens is 1. The van der Waals surface area contributed by atoms with Crippen molar-refractivity contribution in [3.05, 3.63) is 58.1 Å². The molecule has 4 aromatic heterocycles. The van der Waals surface area contributed by atoms with E-state index in [0.717, 1.165) is 25.6 Å². The van der Waals surface area contributed by atoms with E-state index in [1.54, 1.807) is 32.4 Å². The van der Waals surface area contributed by atoms with Gasteiger partial charge in [0.25, 0.3) is 0 Å². The third-order valence-corrected chi connectivity index (χ3v) is 9.20. The standard InChI is InChI=1S/C31H31F2N7O4/c1-14(13-41)40-11-19(31(43)44)28(42)17-6-16(8-36-30(17)40)18-9-35-29-24(23-25(33)20(32)7-21(34-2)26(23)37-29)27(18)39-5-4-15-10-38(3)12-22(15)39/h6-9,11,14-15,22,34,41H,4-5,10,12-13H2,1-3H3,(H,35,37)(H,43,44). The summed E-state index contributed by atoms with van der Waals surface area (Å²) in [5.41, 5.74) is 1.89. The summed E-state index contributed by atoms with van der Waals surface area (Å²) in [5, 5.41) is 23.1. The van der Waals surface area contributed by atoms with Gasteiger partial charge in [0, 0.05) is 68.5 Å². The van der Waals surface area contributed by atoms with E-state index in [1.165, 1.54) is 10.8 Å². The molecule has 2 saturated heterocycles. The Kier molecular flexibility index (Phi) is 6.55. The molecule has 0 spiro atoms. The number of benzene rings is 1. The number of hydrogen-bond acceptors (Lipinski definition) is 8. The van der Waals surface area contributed by atoms with Gasteiger partial charge in [0.2, 0.25) is 5.43 Å². The molecule has 11 nitrogen and oxygen atoms in total. The van der Waals surface area contributed by atoms with Gasteiger partial charge in [0.15, 0.2) is 11.6 Å². The van der Waals surface area contributed by atoms with Gasteiger partial charge in [-0.05, 0) is 32.4 Å². The van der Waals surface area contributed by atoms with E-state index in [2.05, 4.69) is 37.1 Å². The number of pyridine rings is 3. The molecule has 13 heteroatoms. The average Bonchev–Trinajstić information content (AvgIpc) is 3.70. The van der Waals surface area contributed by atoms with Crippen LogP contribution in [0, 0.1) is 17.6 Å². The number of carboxylic acid groups (broad SMARTS) is 1. The minimum atomic E-state index is -1.39. The van der Waals surface area contributed by atoms with Crippen LogP contribution < -0.4 is 15.6 Å². The lowest BCUT2D eigenvalue weighted by atomic mass is 9.99. The Balaban J connectivity index is 1.56. The summed E-state index contributed by atoms with van der Waals surface area (Å²) < 4.78 is 32.2. The Morgan fingerprint density at radius 3 is 2.73 bits per heavy atom. The number of likely N-dealkylation sites (N-methyl/N-ethyl adjacent to an activating group) is 1. The molecule has 0 aliphatic carbocycles. The van der Waals surface area contributed by atoms with Crippen LogP contribution in [0.4, 0.5) is 20.2 Å². The second kappa shape index (κ2) is 10.2. The molecule has 6 heterocycles. The number of aliphatic hydroxyl groups is 1. The van der Waals surface area contributed by atoms with Crippen molar-refractivity contribution in [1.29, 1.82) is 0 Å². The summed E-state index contributed by atoms with van der Waals surface area (Å²) in [6, 6.07) is 2.25. The average molecular weight is 604 g/mol. The van der Waals surface area contributed by atoms with Gasteiger partial charge in [-0.3, -0.25) is 4.79 Å². The zero-order chi connectivity index (χ0) is 31.0. The zero-order valence-corrected chi connectivity index (χ0v) is 24.4. The predicted octanol–water partition coefficient (Wildman–Crippen LogP) is 3.80. The van der Waals surface area contributed by atoms with E-state index < -0.39 is 34.6 Å². The summed E-state index contributed by atoms with van der Waals surface area (Å²) in [5.74, 6) is -3.00. The lowest BCUT2D eigenvalue weighted by Crippen LogP contribution is -2.35. The Morgan fingerprint density at radius 1 is 1.20 bits per heavy atom. The highest BCUT2D eigenvalue weighted by molar-refractivity contribution is 6.18. The van der Waals surface area contributed by atoms with E-state index in [9.17, 15) is 24.2 Å². The first-order chi connectivity index (χ1) is 21.1. The van der Waals surface area contributed by atoms with Crippen LogP contribution in [-0.4, -0.2) is 87.0 Å². The molecule has 1 aromatic carbocycles. The second-order valence-corrected chi connectivity index (χ2v) is 11.8. The van der Waals surface area contributed by atoms with Crippen molar-refractivity contribution in [3.63, 3.8) is 0 Å². The lowest BCUT2D eigenvalue weighted by Gasteiger charge is -2.29. The molecule has 7 rings (SSSR count). The van der Waals surface area contributed by atoms with E-state index in [1.807, 2.05) is 0 Å². The van der Waals surface area contributed by atoms with Crippen molar-refractivity contribution in [3.8, 4) is 11.1 Å². The number of rotatable bonds is 6. The van der Waals surface area contributed by atoms with E-state index in [-0.39, 0.29) is 29.1 Å². The zero-order valence-electron chi connectivity index (χ0n) is 24.4. The Hall–Kier alpha value is -4.62. The topological polar surface area (TPSA) is 140 Å². The lowest BCUT2D eigenvalue weighted by molar-refractivity contribution is 0.0694. The molecule has 228 valence electrons. The number of nitrogens with zero attached hydrogens (tertiary/aromatic N) is 5. The molecule has 3 atom stereocenters. The van der Waals surface area contributed by atoms with Crippen LogP contribution >= 0.6 is 0 Å². The maximum absolute atomic E-state index is 15.7. The molecule has 2 aliphatic heterocycles. The van der Waals surface area contributed by atoms with Gasteiger partial charge in [0.1, 0.15) is 16.9 Å². The number of carboxylic acids is 1. The minimum Gasteiger partial charge on any atom is -0.477 e. The molecular formula is C31H31F2N7O4. The summed E-state index contributed by atoms with van der Waals surface area (Å²) in [4.78, 5) is 42.3. The van der Waals surface area contributed by atoms with E-state index >= 15 is 4.39 Å². The SMILES string of the molecule is CNc1cc(F)c(F)c2c1[nH]c1ncc(-c3cnc4c(c3)c(=O)c(C(=O)O)cn4C(C)CO)c(N3CCC4CN(C)CC43)c12. The number of anilines is 2. The smallest absolute Gasteiger partial charge is 0.341 e. The molecule has 44 heavy (non-hydrogen) atoms. The van der Waals surface area contributed by atoms with E-state index in [0.29, 0.717) is 51.5 Å². The van der Waals surface area contributed by atoms with Crippen LogP contribution in [0.15, 0.2) is 35.5 Å². The third-order valence-electron chi connectivity index (χ3n) is 9.20. The number of carbonyl (C=O) groups is 1. The first-order valence-corrected chi connectivity index (χ1v) is 14.5. The normalized spacial score (nSPS) is 19.4. The van der Waals surface area contributed by atoms with E-state index in [4.69, 9.17) is 0 Å². The van der Waals surface area contributed by atoms with Gasteiger partial charge in [-0.2, -0.15) is 0 Å². The molecule has 0 amide bonds. The number of aromatic amines is 1. The fourth-order valence-corrected chi connectivity index (χ4v) is 7.06. The second-order valence-electron chi connectivity index (χ2n) is 11.8. The van der Waals surface area contributed by atoms with Crippen molar-refractivity contribution < 1.29 is 23.8 Å². The van der Waals surface area contributed by atoms with Crippen LogP contribution in [0.2, 0.25) is 0 Å². The van der Waals surface area contributed by atoms with Crippen LogP contribution in [0.25, 0.3) is 44.1 Å². The maximum atomic E-state index is 15.7. The summed E-state index contributed by atoms with van der Waals surface area (Å²) >= 11 is 0. The van der Waals surface area contributed by atoms with Crippen molar-refractivity contribution in [2.75, 3.05) is 50.6 Å². The molecule has 0 bridgehead atoms. The summed E-state index contributed by atoms with van der Waals surface area (Å²) in [6.07, 6.45) is 5.31. The Bertz CT molecular complexity index is 2060. The highest BCUT2D eigenvalue weighted by Gasteiger charge is 2.42. The Morgan fingerprint density at radius 2 is 2.00 bits per heavy atom. The van der Waals surface area contributed by atoms with Crippen molar-refractivity contribution >= 4 is 50.3 Å². The fourth-order valence-electron chi connectivity index (χ4n) is 7.06. The number of nitrogens with one attached hydrogen (secondary N) is 2. The van der Waals surface area contributed by atoms with Crippen molar-refractivity contribution in [1.82, 2.24) is 24.4 Å². The van der Waals surface area contributed by atoms with Crippen LogP contribution in [0.1, 0.15) is 29.7 Å². The molecule has 2 fully saturated rings. The molecular weight excluding hydrogens is 572 g/mol. The fraction of sp³-hybridized carbons (Fsp3) is 0.355. The van der Waals surface area contributed by atoms with Gasteiger partial charge in [-0.1, -0.05) is 0 Å². The van der Waals surface area contributed by atoms with Gasteiger partial charge < -0.3 is 34.9 Å². The monoisotopic (exact) mass is 603 g/mol. The number of likely N-dealkylation sites (tertiary alicyclic amines) is 1. The van der Waals surface area contributed by atoms with Crippen molar-refractivity contribution in [2.45, 2.75) is 25.4 Å². The maximum Gasteiger partial charge on any atom is 0.341 e. The largest absolute Gasteiger partial charge is 0.477 e. The predicted molar refractivity (Wildman–Crippen MR) is 164 cm³/mol.